The maximum atomic E-state index is 13.9. The molecule has 0 saturated carbocycles. The number of hydrogen-bond acceptors (Lipinski definition) is 4. The Bertz CT molecular complexity index is 1200. The van der Waals surface area contributed by atoms with Gasteiger partial charge in [-0.15, -0.1) is 0 Å². The van der Waals surface area contributed by atoms with Crippen molar-refractivity contribution in [1.29, 1.82) is 0 Å². The van der Waals surface area contributed by atoms with E-state index in [4.69, 9.17) is 11.6 Å². The summed E-state index contributed by atoms with van der Waals surface area (Å²) in [6, 6.07) is 10.8. The smallest absolute Gasteiger partial charge is 0.250 e. The Kier molecular flexibility index (Phi) is 4.02. The molecule has 4 atom stereocenters. The van der Waals surface area contributed by atoms with Crippen molar-refractivity contribution in [3.05, 3.63) is 57.0 Å². The molecule has 2 aromatic carbocycles. The van der Waals surface area contributed by atoms with E-state index in [1.807, 2.05) is 31.2 Å². The van der Waals surface area contributed by atoms with Crippen LogP contribution in [0.15, 0.2) is 40.9 Å². The van der Waals surface area contributed by atoms with Gasteiger partial charge < -0.3 is 5.32 Å². The monoisotopic (exact) mass is 499 g/mol. The number of nitrogens with zero attached hydrogens (tertiary/aromatic N) is 2. The van der Waals surface area contributed by atoms with Gasteiger partial charge in [0.2, 0.25) is 11.8 Å². The number of fused-ring (bicyclic) bond motifs is 7. The molecule has 0 radical (unpaired) electrons. The van der Waals surface area contributed by atoms with Gasteiger partial charge in [-0.1, -0.05) is 29.8 Å². The highest BCUT2D eigenvalue weighted by atomic mass is 79.9. The number of imide groups is 1. The topological polar surface area (TPSA) is 69.7 Å². The molecule has 1 spiro atoms. The number of amides is 3. The van der Waals surface area contributed by atoms with Crippen LogP contribution in [0.2, 0.25) is 5.02 Å². The van der Waals surface area contributed by atoms with E-state index in [2.05, 4.69) is 26.1 Å². The lowest BCUT2D eigenvalue weighted by molar-refractivity contribution is -0.135. The number of benzene rings is 2. The molecular formula is C23H19BrClN3O3. The molecule has 31 heavy (non-hydrogen) atoms. The van der Waals surface area contributed by atoms with Crippen LogP contribution < -0.4 is 10.2 Å². The number of para-hydroxylation sites is 1. The molecular weight excluding hydrogens is 482 g/mol. The van der Waals surface area contributed by atoms with Gasteiger partial charge in [0.15, 0.2) is 0 Å². The zero-order chi connectivity index (χ0) is 21.7. The normalized spacial score (nSPS) is 31.4. The van der Waals surface area contributed by atoms with Crippen LogP contribution in [0.4, 0.5) is 11.4 Å². The SMILES string of the molecule is Cc1cc(Cl)c2c(c1)C1(C(=O)N2)C2C(=O)N(c3ccccc3Br)C(=O)C2C2CCCN21. The fraction of sp³-hybridized carbons (Fsp3) is 0.348. The van der Waals surface area contributed by atoms with E-state index in [-0.39, 0.29) is 23.8 Å². The minimum atomic E-state index is -1.21. The first-order chi connectivity index (χ1) is 14.9. The lowest BCUT2D eigenvalue weighted by atomic mass is 9.75. The fourth-order valence-corrected chi connectivity index (χ4v) is 7.05. The molecule has 3 saturated heterocycles. The van der Waals surface area contributed by atoms with Crippen LogP contribution >= 0.6 is 27.5 Å². The summed E-state index contributed by atoms with van der Waals surface area (Å²) in [7, 11) is 0. The van der Waals surface area contributed by atoms with Crippen LogP contribution in [0.5, 0.6) is 0 Å². The Hall–Kier alpha value is -2.22. The number of nitrogens with one attached hydrogen (secondary N) is 1. The molecule has 4 unspecified atom stereocenters. The molecule has 1 N–H and O–H groups in total. The van der Waals surface area contributed by atoms with Crippen molar-refractivity contribution in [3.63, 3.8) is 0 Å². The van der Waals surface area contributed by atoms with Gasteiger partial charge in [-0.25, -0.2) is 4.90 Å². The van der Waals surface area contributed by atoms with Gasteiger partial charge in [0, 0.05) is 16.1 Å². The van der Waals surface area contributed by atoms with E-state index in [0.717, 1.165) is 24.0 Å². The lowest BCUT2D eigenvalue weighted by Gasteiger charge is -2.36. The first kappa shape index (κ1) is 19.5. The van der Waals surface area contributed by atoms with E-state index in [9.17, 15) is 14.4 Å². The van der Waals surface area contributed by atoms with Crippen LogP contribution in [0.25, 0.3) is 0 Å². The lowest BCUT2D eigenvalue weighted by Crippen LogP contribution is -2.54. The second-order valence-electron chi connectivity index (χ2n) is 8.76. The molecule has 8 heteroatoms. The number of carbonyl (C=O) groups is 3. The number of rotatable bonds is 1. The van der Waals surface area contributed by atoms with Crippen molar-refractivity contribution in [2.45, 2.75) is 31.3 Å². The van der Waals surface area contributed by atoms with E-state index >= 15 is 0 Å². The Morgan fingerprint density at radius 3 is 2.71 bits per heavy atom. The highest BCUT2D eigenvalue weighted by Crippen LogP contribution is 2.61. The van der Waals surface area contributed by atoms with E-state index < -0.39 is 17.4 Å². The van der Waals surface area contributed by atoms with Gasteiger partial charge in [-0.05, 0) is 66.0 Å². The highest BCUT2D eigenvalue weighted by molar-refractivity contribution is 9.10. The molecule has 4 aliphatic rings. The Labute approximate surface area is 192 Å². The quantitative estimate of drug-likeness (QED) is 0.604. The average Bonchev–Trinajstić information content (AvgIpc) is 3.42. The van der Waals surface area contributed by atoms with Gasteiger partial charge >= 0.3 is 0 Å². The number of halogens is 2. The summed E-state index contributed by atoms with van der Waals surface area (Å²) in [6.45, 7) is 2.59. The van der Waals surface area contributed by atoms with Gasteiger partial charge in [0.1, 0.15) is 5.54 Å². The number of anilines is 2. The van der Waals surface area contributed by atoms with Crippen molar-refractivity contribution in [1.82, 2.24) is 4.90 Å². The molecule has 4 aliphatic heterocycles. The maximum Gasteiger partial charge on any atom is 0.250 e. The van der Waals surface area contributed by atoms with E-state index in [1.54, 1.807) is 12.1 Å². The van der Waals surface area contributed by atoms with Crippen molar-refractivity contribution < 1.29 is 14.4 Å². The molecule has 4 heterocycles. The first-order valence-electron chi connectivity index (χ1n) is 10.4. The second kappa shape index (κ2) is 6.40. The standard InChI is InChI=1S/C23H19BrClN3O3/c1-11-9-12-19(14(25)10-11)26-22(31)23(12)18-17(16-7-4-8-27(16)23)20(29)28(21(18)30)15-6-3-2-5-13(15)24/h2-3,5-6,9-10,16-18H,4,7-8H2,1H3,(H,26,31). The predicted molar refractivity (Wildman–Crippen MR) is 120 cm³/mol. The molecule has 2 aromatic rings. The van der Waals surface area contributed by atoms with Crippen LogP contribution in [0.1, 0.15) is 24.0 Å². The minimum Gasteiger partial charge on any atom is -0.323 e. The van der Waals surface area contributed by atoms with Gasteiger partial charge in [-0.2, -0.15) is 0 Å². The summed E-state index contributed by atoms with van der Waals surface area (Å²) in [6.07, 6.45) is 1.67. The number of carbonyl (C=O) groups excluding carboxylic acids is 3. The molecule has 0 aromatic heterocycles. The second-order valence-corrected chi connectivity index (χ2v) is 10.0. The molecule has 0 aliphatic carbocycles. The van der Waals surface area contributed by atoms with Crippen LogP contribution in [0.3, 0.4) is 0 Å². The Morgan fingerprint density at radius 2 is 1.94 bits per heavy atom. The largest absolute Gasteiger partial charge is 0.323 e. The fourth-order valence-electron chi connectivity index (χ4n) is 6.27. The zero-order valence-corrected chi connectivity index (χ0v) is 19.0. The summed E-state index contributed by atoms with van der Waals surface area (Å²) in [5.74, 6) is -2.15. The summed E-state index contributed by atoms with van der Waals surface area (Å²) < 4.78 is 0.671. The summed E-state index contributed by atoms with van der Waals surface area (Å²) >= 11 is 9.97. The highest BCUT2D eigenvalue weighted by Gasteiger charge is 2.74. The van der Waals surface area contributed by atoms with Crippen molar-refractivity contribution in [2.75, 3.05) is 16.8 Å². The van der Waals surface area contributed by atoms with Crippen LogP contribution in [0, 0.1) is 18.8 Å². The van der Waals surface area contributed by atoms with Gasteiger partial charge in [0.25, 0.3) is 5.91 Å². The Balaban J connectivity index is 1.60. The maximum absolute atomic E-state index is 13.9. The first-order valence-corrected chi connectivity index (χ1v) is 11.6. The predicted octanol–water partition coefficient (Wildman–Crippen LogP) is 3.84. The van der Waals surface area contributed by atoms with E-state index in [1.165, 1.54) is 4.90 Å². The molecule has 158 valence electrons. The van der Waals surface area contributed by atoms with Crippen molar-refractivity contribution in [2.24, 2.45) is 11.8 Å². The van der Waals surface area contributed by atoms with Crippen molar-refractivity contribution >= 4 is 56.6 Å². The van der Waals surface area contributed by atoms with E-state index in [0.29, 0.717) is 27.4 Å². The third-order valence-electron chi connectivity index (χ3n) is 7.29. The number of aryl methyl sites for hydroxylation is 1. The zero-order valence-electron chi connectivity index (χ0n) is 16.7. The average molecular weight is 501 g/mol. The third kappa shape index (κ3) is 2.24. The van der Waals surface area contributed by atoms with Gasteiger partial charge in [0.05, 0.1) is 28.2 Å². The third-order valence-corrected chi connectivity index (χ3v) is 8.26. The summed E-state index contributed by atoms with van der Waals surface area (Å²) in [5.41, 5.74) is 1.51. The minimum absolute atomic E-state index is 0.148. The van der Waals surface area contributed by atoms with Crippen molar-refractivity contribution in [3.8, 4) is 0 Å². The molecule has 0 bridgehead atoms. The van der Waals surface area contributed by atoms with Crippen LogP contribution in [-0.2, 0) is 19.9 Å². The molecule has 6 nitrogen and oxygen atoms in total. The Morgan fingerprint density at radius 1 is 1.16 bits per heavy atom. The van der Waals surface area contributed by atoms with Crippen LogP contribution in [-0.4, -0.2) is 35.2 Å². The summed E-state index contributed by atoms with van der Waals surface area (Å²) in [5, 5.41) is 3.41. The molecule has 3 amide bonds. The number of hydrogen-bond donors (Lipinski definition) is 1. The molecule has 6 rings (SSSR count). The molecule has 3 fully saturated rings. The van der Waals surface area contributed by atoms with Gasteiger partial charge in [-0.3, -0.25) is 19.3 Å². The summed E-state index contributed by atoms with van der Waals surface area (Å²) in [4.78, 5) is 44.6.